The van der Waals surface area contributed by atoms with Gasteiger partial charge in [-0.1, -0.05) is 23.9 Å². The number of fused-ring (bicyclic) bond motifs is 1. The number of rotatable bonds is 6. The minimum absolute atomic E-state index is 0.290. The number of halogens is 1. The highest BCUT2D eigenvalue weighted by Crippen LogP contribution is 2.26. The lowest BCUT2D eigenvalue weighted by atomic mass is 10.2. The molecule has 0 bridgehead atoms. The Morgan fingerprint density at radius 2 is 1.82 bits per heavy atom. The first-order valence-corrected chi connectivity index (χ1v) is 9.83. The molecule has 0 unspecified atom stereocenters. The van der Waals surface area contributed by atoms with Gasteiger partial charge in [0.1, 0.15) is 17.4 Å². The molecule has 1 N–H and O–H groups in total. The molecule has 0 aliphatic rings. The third-order valence-corrected chi connectivity index (χ3v) is 4.83. The summed E-state index contributed by atoms with van der Waals surface area (Å²) in [7, 11) is 1.65. The molecule has 0 radical (unpaired) electrons. The SMILES string of the molecule is COc1ccc(CNc2nc(SC)nc3c2cnn3-c2ccc(F)cc2)cc1. The van der Waals surface area contributed by atoms with Gasteiger partial charge in [-0.05, 0) is 48.2 Å². The van der Waals surface area contributed by atoms with Crippen LogP contribution >= 0.6 is 11.8 Å². The van der Waals surface area contributed by atoms with Crippen LogP contribution in [0, 0.1) is 5.82 Å². The monoisotopic (exact) mass is 395 g/mol. The molecule has 2 aromatic carbocycles. The van der Waals surface area contributed by atoms with Crippen molar-refractivity contribution in [3.8, 4) is 11.4 Å². The Kier molecular flexibility index (Phi) is 5.12. The fraction of sp³-hybridized carbons (Fsp3) is 0.150. The molecular formula is C20H18FN5OS. The van der Waals surface area contributed by atoms with Crippen LogP contribution in [0.2, 0.25) is 0 Å². The van der Waals surface area contributed by atoms with Gasteiger partial charge in [0.2, 0.25) is 0 Å². The Balaban J connectivity index is 1.68. The number of nitrogens with one attached hydrogen (secondary N) is 1. The molecule has 0 aliphatic heterocycles. The lowest BCUT2D eigenvalue weighted by Gasteiger charge is -2.09. The van der Waals surface area contributed by atoms with E-state index in [1.54, 1.807) is 30.1 Å². The van der Waals surface area contributed by atoms with E-state index < -0.39 is 0 Å². The Labute approximate surface area is 165 Å². The second-order valence-electron chi connectivity index (χ2n) is 6.03. The van der Waals surface area contributed by atoms with Crippen molar-refractivity contribution in [3.63, 3.8) is 0 Å². The third-order valence-electron chi connectivity index (χ3n) is 4.28. The van der Waals surface area contributed by atoms with E-state index in [1.165, 1.54) is 23.9 Å². The van der Waals surface area contributed by atoms with Crippen molar-refractivity contribution < 1.29 is 9.13 Å². The maximum absolute atomic E-state index is 13.3. The van der Waals surface area contributed by atoms with Gasteiger partial charge >= 0.3 is 0 Å². The molecular weight excluding hydrogens is 377 g/mol. The van der Waals surface area contributed by atoms with Crippen LogP contribution in [0.4, 0.5) is 10.2 Å². The molecule has 8 heteroatoms. The van der Waals surface area contributed by atoms with Gasteiger partial charge in [-0.2, -0.15) is 5.10 Å². The van der Waals surface area contributed by atoms with Crippen molar-refractivity contribution >= 4 is 28.6 Å². The summed E-state index contributed by atoms with van der Waals surface area (Å²) in [4.78, 5) is 9.18. The fourth-order valence-electron chi connectivity index (χ4n) is 2.81. The summed E-state index contributed by atoms with van der Waals surface area (Å²) in [6.45, 7) is 0.603. The van der Waals surface area contributed by atoms with Crippen LogP contribution in [-0.2, 0) is 6.54 Å². The highest BCUT2D eigenvalue weighted by atomic mass is 32.2. The van der Waals surface area contributed by atoms with Crippen molar-refractivity contribution in [2.24, 2.45) is 0 Å². The minimum atomic E-state index is -0.290. The Bertz CT molecular complexity index is 1100. The molecule has 4 aromatic rings. The predicted molar refractivity (Wildman–Crippen MR) is 109 cm³/mol. The minimum Gasteiger partial charge on any atom is -0.497 e. The first-order chi connectivity index (χ1) is 13.7. The summed E-state index contributed by atoms with van der Waals surface area (Å²) in [6.07, 6.45) is 3.65. The summed E-state index contributed by atoms with van der Waals surface area (Å²) in [6, 6.07) is 14.0. The number of methoxy groups -OCH3 is 1. The Morgan fingerprint density at radius 3 is 2.50 bits per heavy atom. The van der Waals surface area contributed by atoms with E-state index >= 15 is 0 Å². The van der Waals surface area contributed by atoms with Gasteiger partial charge in [0, 0.05) is 6.54 Å². The van der Waals surface area contributed by atoms with E-state index in [4.69, 9.17) is 4.74 Å². The molecule has 28 heavy (non-hydrogen) atoms. The molecule has 0 amide bonds. The molecule has 0 fully saturated rings. The first-order valence-electron chi connectivity index (χ1n) is 8.60. The molecule has 0 saturated carbocycles. The van der Waals surface area contributed by atoms with Gasteiger partial charge in [0.05, 0.1) is 24.4 Å². The van der Waals surface area contributed by atoms with Crippen LogP contribution in [0.3, 0.4) is 0 Å². The van der Waals surface area contributed by atoms with Gasteiger partial charge in [-0.3, -0.25) is 0 Å². The summed E-state index contributed by atoms with van der Waals surface area (Å²) < 4.78 is 20.1. The lowest BCUT2D eigenvalue weighted by Crippen LogP contribution is -2.05. The van der Waals surface area contributed by atoms with Crippen molar-refractivity contribution in [2.75, 3.05) is 18.7 Å². The normalized spacial score (nSPS) is 11.0. The smallest absolute Gasteiger partial charge is 0.191 e. The van der Waals surface area contributed by atoms with E-state index in [1.807, 2.05) is 30.5 Å². The molecule has 2 aromatic heterocycles. The van der Waals surface area contributed by atoms with E-state index in [0.29, 0.717) is 23.2 Å². The van der Waals surface area contributed by atoms with Crippen molar-refractivity contribution in [2.45, 2.75) is 11.7 Å². The number of nitrogens with zero attached hydrogens (tertiary/aromatic N) is 4. The van der Waals surface area contributed by atoms with Gasteiger partial charge in [-0.25, -0.2) is 19.0 Å². The van der Waals surface area contributed by atoms with Gasteiger partial charge in [-0.15, -0.1) is 0 Å². The quantitative estimate of drug-likeness (QED) is 0.388. The van der Waals surface area contributed by atoms with Crippen LogP contribution < -0.4 is 10.1 Å². The average Bonchev–Trinajstić information content (AvgIpc) is 3.17. The molecule has 4 rings (SSSR count). The van der Waals surface area contributed by atoms with Crippen molar-refractivity contribution in [3.05, 3.63) is 66.1 Å². The molecule has 0 saturated heterocycles. The van der Waals surface area contributed by atoms with Gasteiger partial charge in [0.25, 0.3) is 0 Å². The van der Waals surface area contributed by atoms with Gasteiger partial charge < -0.3 is 10.1 Å². The number of ether oxygens (including phenoxy) is 1. The number of benzene rings is 2. The molecule has 2 heterocycles. The van der Waals surface area contributed by atoms with Crippen LogP contribution in [0.25, 0.3) is 16.7 Å². The number of hydrogen-bond donors (Lipinski definition) is 1. The Morgan fingerprint density at radius 1 is 1.07 bits per heavy atom. The van der Waals surface area contributed by atoms with Crippen LogP contribution in [0.1, 0.15) is 5.56 Å². The third kappa shape index (κ3) is 3.63. The summed E-state index contributed by atoms with van der Waals surface area (Å²) >= 11 is 1.45. The highest BCUT2D eigenvalue weighted by Gasteiger charge is 2.14. The highest BCUT2D eigenvalue weighted by molar-refractivity contribution is 7.98. The Hall–Kier alpha value is -3.13. The molecule has 0 atom stereocenters. The summed E-state index contributed by atoms with van der Waals surface area (Å²) in [5.74, 6) is 1.23. The van der Waals surface area contributed by atoms with Crippen LogP contribution in [0.5, 0.6) is 5.75 Å². The summed E-state index contributed by atoms with van der Waals surface area (Å²) in [5.41, 5.74) is 2.51. The van der Waals surface area contributed by atoms with Crippen molar-refractivity contribution in [1.82, 2.24) is 19.7 Å². The maximum atomic E-state index is 13.3. The fourth-order valence-corrected chi connectivity index (χ4v) is 3.17. The number of thioether (sulfide) groups is 1. The van der Waals surface area contributed by atoms with E-state index in [2.05, 4.69) is 20.4 Å². The van der Waals surface area contributed by atoms with Gasteiger partial charge in [0.15, 0.2) is 10.8 Å². The van der Waals surface area contributed by atoms with Crippen molar-refractivity contribution in [1.29, 1.82) is 0 Å². The van der Waals surface area contributed by atoms with Crippen LogP contribution in [-0.4, -0.2) is 33.1 Å². The van der Waals surface area contributed by atoms with E-state index in [9.17, 15) is 4.39 Å². The topological polar surface area (TPSA) is 64.9 Å². The number of anilines is 1. The molecule has 0 spiro atoms. The maximum Gasteiger partial charge on any atom is 0.191 e. The average molecular weight is 395 g/mol. The molecule has 0 aliphatic carbocycles. The molecule has 142 valence electrons. The lowest BCUT2D eigenvalue weighted by molar-refractivity contribution is 0.414. The van der Waals surface area contributed by atoms with E-state index in [0.717, 1.165) is 22.4 Å². The van der Waals surface area contributed by atoms with E-state index in [-0.39, 0.29) is 5.82 Å². The predicted octanol–water partition coefficient (Wildman–Crippen LogP) is 4.30. The largest absolute Gasteiger partial charge is 0.497 e. The second kappa shape index (κ2) is 7.85. The number of aromatic nitrogens is 4. The zero-order valence-electron chi connectivity index (χ0n) is 15.4. The molecule has 6 nitrogen and oxygen atoms in total. The number of hydrogen-bond acceptors (Lipinski definition) is 6. The van der Waals surface area contributed by atoms with Crippen LogP contribution in [0.15, 0.2) is 59.9 Å². The second-order valence-corrected chi connectivity index (χ2v) is 6.80. The first kappa shape index (κ1) is 18.2. The zero-order valence-corrected chi connectivity index (χ0v) is 16.2. The standard InChI is InChI=1S/C20H18FN5OS/c1-27-16-9-3-13(4-10-16)11-22-18-17-12-23-26(15-7-5-14(21)6-8-15)19(17)25-20(24-18)28-2/h3-10,12H,11H2,1-2H3,(H,22,24,25). The zero-order chi connectivity index (χ0) is 19.5. The summed E-state index contributed by atoms with van der Waals surface area (Å²) in [5, 5.41) is 9.24.